The van der Waals surface area contributed by atoms with Gasteiger partial charge < -0.3 is 20.3 Å². The summed E-state index contributed by atoms with van der Waals surface area (Å²) in [7, 11) is 1.53. The lowest BCUT2D eigenvalue weighted by atomic mass is 10.1. The van der Waals surface area contributed by atoms with Crippen LogP contribution in [0.3, 0.4) is 0 Å². The van der Waals surface area contributed by atoms with Crippen molar-refractivity contribution in [2.24, 2.45) is 0 Å². The normalized spacial score (nSPS) is 12.9. The largest absolute Gasteiger partial charge is 0.425 e. The standard InChI is InChI=1S/C29H28N8O3/c1-3-4-14-36-24-25(33-28(36)35-15-12-32-13-16-35)34-29(40-23-11-6-5-10-22(23)26(38)31-2)37(27(24)39)19-21-9-7-8-20(17-21)18-30/h5-11,17,32H,12-16,19H2,1-2H3,(H,31,38). The molecule has 0 spiro atoms. The van der Waals surface area contributed by atoms with E-state index in [0.29, 0.717) is 28.2 Å². The van der Waals surface area contributed by atoms with Gasteiger partial charge in [0.15, 0.2) is 11.2 Å². The number of para-hydroxylation sites is 1. The first-order chi connectivity index (χ1) is 19.5. The fraction of sp³-hybridized carbons (Fsp3) is 0.276. The molecule has 2 aromatic carbocycles. The van der Waals surface area contributed by atoms with Gasteiger partial charge in [0, 0.05) is 33.2 Å². The van der Waals surface area contributed by atoms with E-state index >= 15 is 0 Å². The van der Waals surface area contributed by atoms with Gasteiger partial charge in [-0.25, -0.2) is 0 Å². The number of amides is 1. The number of anilines is 1. The van der Waals surface area contributed by atoms with Crippen molar-refractivity contribution >= 4 is 23.0 Å². The highest BCUT2D eigenvalue weighted by molar-refractivity contribution is 5.96. The molecule has 0 radical (unpaired) electrons. The molecule has 1 amide bonds. The van der Waals surface area contributed by atoms with E-state index < -0.39 is 0 Å². The first-order valence-electron chi connectivity index (χ1n) is 12.9. The van der Waals surface area contributed by atoms with Crippen molar-refractivity contribution in [2.75, 3.05) is 38.1 Å². The summed E-state index contributed by atoms with van der Waals surface area (Å²) >= 11 is 0. The molecule has 0 atom stereocenters. The number of carbonyl (C=O) groups excluding carboxylic acids is 1. The van der Waals surface area contributed by atoms with Crippen LogP contribution in [0.2, 0.25) is 0 Å². The van der Waals surface area contributed by atoms with Gasteiger partial charge in [0.25, 0.3) is 11.5 Å². The molecule has 0 unspecified atom stereocenters. The van der Waals surface area contributed by atoms with E-state index in [9.17, 15) is 14.9 Å². The molecule has 0 saturated carbocycles. The van der Waals surface area contributed by atoms with E-state index in [1.165, 1.54) is 11.6 Å². The number of nitrogens with zero attached hydrogens (tertiary/aromatic N) is 6. The highest BCUT2D eigenvalue weighted by Gasteiger charge is 2.25. The smallest absolute Gasteiger partial charge is 0.307 e. The van der Waals surface area contributed by atoms with Crippen LogP contribution in [0.15, 0.2) is 53.3 Å². The number of ether oxygens (including phenoxy) is 1. The Bertz CT molecular complexity index is 1730. The predicted molar refractivity (Wildman–Crippen MR) is 150 cm³/mol. The Balaban J connectivity index is 1.72. The van der Waals surface area contributed by atoms with Crippen LogP contribution in [0.4, 0.5) is 5.95 Å². The summed E-state index contributed by atoms with van der Waals surface area (Å²) in [5.41, 5.74) is 1.64. The van der Waals surface area contributed by atoms with E-state index in [4.69, 9.17) is 14.7 Å². The quantitative estimate of drug-likeness (QED) is 0.344. The summed E-state index contributed by atoms with van der Waals surface area (Å²) in [4.78, 5) is 38.3. The lowest BCUT2D eigenvalue weighted by Gasteiger charge is -2.28. The average Bonchev–Trinajstić information content (AvgIpc) is 3.36. The zero-order valence-electron chi connectivity index (χ0n) is 22.3. The van der Waals surface area contributed by atoms with E-state index in [2.05, 4.69) is 33.4 Å². The molecule has 1 aliphatic heterocycles. The van der Waals surface area contributed by atoms with Gasteiger partial charge in [-0.2, -0.15) is 15.2 Å². The molecule has 0 aliphatic carbocycles. The van der Waals surface area contributed by atoms with Crippen molar-refractivity contribution in [3.8, 4) is 29.7 Å². The van der Waals surface area contributed by atoms with Crippen LogP contribution in [0.25, 0.3) is 11.2 Å². The molecular formula is C29H28N8O3. The topological polar surface area (TPSA) is 130 Å². The van der Waals surface area contributed by atoms with Gasteiger partial charge in [0.05, 0.1) is 30.3 Å². The number of nitriles is 1. The molecule has 2 N–H and O–H groups in total. The van der Waals surface area contributed by atoms with Crippen LogP contribution in [-0.2, 0) is 13.1 Å². The average molecular weight is 537 g/mol. The summed E-state index contributed by atoms with van der Waals surface area (Å²) < 4.78 is 9.39. The Labute approximate surface area is 231 Å². The number of hydrogen-bond acceptors (Lipinski definition) is 8. The van der Waals surface area contributed by atoms with Crippen LogP contribution in [0.5, 0.6) is 11.8 Å². The van der Waals surface area contributed by atoms with Crippen molar-refractivity contribution in [1.82, 2.24) is 29.7 Å². The van der Waals surface area contributed by atoms with Crippen molar-refractivity contribution in [2.45, 2.75) is 20.0 Å². The molecule has 3 heterocycles. The number of piperazine rings is 1. The second-order valence-electron chi connectivity index (χ2n) is 9.11. The third-order valence-corrected chi connectivity index (χ3v) is 6.58. The molecule has 1 aliphatic rings. The summed E-state index contributed by atoms with van der Waals surface area (Å²) in [5, 5.41) is 15.3. The molecule has 40 heavy (non-hydrogen) atoms. The lowest BCUT2D eigenvalue weighted by molar-refractivity contribution is 0.0960. The van der Waals surface area contributed by atoms with Crippen LogP contribution in [0, 0.1) is 23.2 Å². The number of aromatic nitrogens is 4. The molecule has 0 bridgehead atoms. The molecule has 1 fully saturated rings. The number of hydrogen-bond donors (Lipinski definition) is 2. The zero-order valence-corrected chi connectivity index (χ0v) is 22.3. The van der Waals surface area contributed by atoms with Gasteiger partial charge in [0.2, 0.25) is 5.95 Å². The summed E-state index contributed by atoms with van der Waals surface area (Å²) in [5.74, 6) is 6.48. The SMILES string of the molecule is CC#CCn1c(N2CCNCC2)nc2nc(Oc3ccccc3C(=O)NC)n(Cc3cccc(C#N)c3)c(=O)c21. The summed E-state index contributed by atoms with van der Waals surface area (Å²) in [6.45, 7) is 5.13. The molecule has 4 aromatic rings. The van der Waals surface area contributed by atoms with E-state index in [-0.39, 0.29) is 42.0 Å². The first kappa shape index (κ1) is 26.5. The fourth-order valence-electron chi connectivity index (χ4n) is 4.61. The highest BCUT2D eigenvalue weighted by atomic mass is 16.5. The molecule has 11 heteroatoms. The van der Waals surface area contributed by atoms with Crippen molar-refractivity contribution in [3.63, 3.8) is 0 Å². The van der Waals surface area contributed by atoms with E-state index in [0.717, 1.165) is 26.2 Å². The van der Waals surface area contributed by atoms with Gasteiger partial charge in [-0.1, -0.05) is 30.2 Å². The lowest BCUT2D eigenvalue weighted by Crippen LogP contribution is -2.44. The number of fused-ring (bicyclic) bond motifs is 1. The van der Waals surface area contributed by atoms with Crippen LogP contribution in [0.1, 0.15) is 28.4 Å². The maximum Gasteiger partial charge on any atom is 0.307 e. The number of imidazole rings is 1. The van der Waals surface area contributed by atoms with E-state index in [1.807, 2.05) is 6.07 Å². The van der Waals surface area contributed by atoms with Gasteiger partial charge in [-0.15, -0.1) is 5.92 Å². The molecule has 1 saturated heterocycles. The van der Waals surface area contributed by atoms with Crippen molar-refractivity contribution < 1.29 is 9.53 Å². The maximum absolute atomic E-state index is 14.2. The Morgan fingerprint density at radius 3 is 2.67 bits per heavy atom. The summed E-state index contributed by atoms with van der Waals surface area (Å²) in [6, 6.07) is 15.8. The molecule has 2 aromatic heterocycles. The minimum absolute atomic E-state index is 0.0192. The van der Waals surface area contributed by atoms with Gasteiger partial charge in [-0.05, 0) is 36.8 Å². The highest BCUT2D eigenvalue weighted by Crippen LogP contribution is 2.27. The Kier molecular flexibility index (Phi) is 7.76. The second kappa shape index (κ2) is 11.7. The molecular weight excluding hydrogens is 508 g/mol. The molecule has 11 nitrogen and oxygen atoms in total. The van der Waals surface area contributed by atoms with E-state index in [1.54, 1.807) is 54.0 Å². The number of benzene rings is 2. The number of nitrogens with one attached hydrogen (secondary N) is 2. The van der Waals surface area contributed by atoms with Gasteiger partial charge in [-0.3, -0.25) is 18.7 Å². The van der Waals surface area contributed by atoms with Gasteiger partial charge >= 0.3 is 6.01 Å². The van der Waals surface area contributed by atoms with Crippen LogP contribution in [-0.4, -0.2) is 58.2 Å². The molecule has 5 rings (SSSR count). The first-order valence-corrected chi connectivity index (χ1v) is 12.9. The monoisotopic (exact) mass is 536 g/mol. The maximum atomic E-state index is 14.2. The summed E-state index contributed by atoms with van der Waals surface area (Å²) in [6.07, 6.45) is 0. The number of rotatable bonds is 7. The third-order valence-electron chi connectivity index (χ3n) is 6.58. The number of carbonyl (C=O) groups is 1. The second-order valence-corrected chi connectivity index (χ2v) is 9.11. The van der Waals surface area contributed by atoms with Crippen molar-refractivity contribution in [3.05, 3.63) is 75.6 Å². The zero-order chi connectivity index (χ0) is 28.1. The van der Waals surface area contributed by atoms with Crippen LogP contribution < -0.4 is 25.8 Å². The Morgan fingerprint density at radius 2 is 1.93 bits per heavy atom. The third kappa shape index (κ3) is 5.23. The van der Waals surface area contributed by atoms with Crippen molar-refractivity contribution in [1.29, 1.82) is 5.26 Å². The Morgan fingerprint density at radius 1 is 1.12 bits per heavy atom. The minimum Gasteiger partial charge on any atom is -0.425 e. The fourth-order valence-corrected chi connectivity index (χ4v) is 4.61. The van der Waals surface area contributed by atoms with Crippen LogP contribution >= 0.6 is 0 Å². The Hall–Kier alpha value is -5.13. The van der Waals surface area contributed by atoms with Gasteiger partial charge in [0.1, 0.15) is 5.75 Å². The minimum atomic E-state index is -0.369. The predicted octanol–water partition coefficient (Wildman–Crippen LogP) is 2.10. The molecule has 202 valence electrons.